The van der Waals surface area contributed by atoms with Crippen molar-refractivity contribution in [1.82, 2.24) is 0 Å². The van der Waals surface area contributed by atoms with Crippen LogP contribution in [-0.4, -0.2) is 16.9 Å². The second-order valence-electron chi connectivity index (χ2n) is 2.65. The van der Waals surface area contributed by atoms with Gasteiger partial charge in [-0.15, -0.1) is 23.2 Å². The predicted molar refractivity (Wildman–Crippen MR) is 50.5 cm³/mol. The monoisotopic (exact) mass is 210 g/mol. The second kappa shape index (κ2) is 5.44. The molecule has 0 fully saturated rings. The highest BCUT2D eigenvalue weighted by Gasteiger charge is 2.16. The number of alkyl halides is 2. The van der Waals surface area contributed by atoms with E-state index in [9.17, 15) is 4.79 Å². The van der Waals surface area contributed by atoms with Gasteiger partial charge in [0.1, 0.15) is 4.84 Å². The minimum atomic E-state index is -0.719. The fourth-order valence-corrected chi connectivity index (χ4v) is 0.927. The normalized spacial score (nSPS) is 12.5. The van der Waals surface area contributed by atoms with Gasteiger partial charge in [-0.2, -0.15) is 0 Å². The van der Waals surface area contributed by atoms with Crippen LogP contribution < -0.4 is 0 Å². The van der Waals surface area contributed by atoms with Crippen LogP contribution in [0.25, 0.3) is 0 Å². The Morgan fingerprint density at radius 2 is 1.83 bits per heavy atom. The number of ether oxygens (including phenoxy) is 1. The summed E-state index contributed by atoms with van der Waals surface area (Å²) in [5.74, 6) is -0.385. The van der Waals surface area contributed by atoms with Crippen LogP contribution in [0.15, 0.2) is 11.6 Å². The number of hydrogen-bond donors (Lipinski definition) is 0. The summed E-state index contributed by atoms with van der Waals surface area (Å²) in [5, 5.41) is 0. The van der Waals surface area contributed by atoms with Gasteiger partial charge in [0.25, 0.3) is 0 Å². The quantitative estimate of drug-likeness (QED) is 0.407. The first-order chi connectivity index (χ1) is 5.43. The Bertz CT molecular complexity index is 183. The van der Waals surface area contributed by atoms with E-state index in [0.29, 0.717) is 0 Å². The molecule has 70 valence electrons. The highest BCUT2D eigenvalue weighted by Crippen LogP contribution is 2.14. The maximum Gasteiger partial charge on any atom is 0.303 e. The number of carbonyl (C=O) groups is 1. The molecule has 0 heterocycles. The number of allylic oxidation sites excluding steroid dienone is 1. The molecule has 0 saturated heterocycles. The van der Waals surface area contributed by atoms with E-state index < -0.39 is 10.9 Å². The highest BCUT2D eigenvalue weighted by atomic mass is 35.5. The lowest BCUT2D eigenvalue weighted by Gasteiger charge is -2.14. The third-order valence-corrected chi connectivity index (χ3v) is 1.54. The number of rotatable bonds is 3. The van der Waals surface area contributed by atoms with Crippen LogP contribution in [0.1, 0.15) is 20.8 Å². The molecule has 2 nitrogen and oxygen atoms in total. The fraction of sp³-hybridized carbons (Fsp3) is 0.625. The first-order valence-corrected chi connectivity index (χ1v) is 4.41. The number of esters is 1. The molecule has 0 spiro atoms. The summed E-state index contributed by atoms with van der Waals surface area (Å²) in [4.78, 5) is 9.85. The van der Waals surface area contributed by atoms with Crippen LogP contribution in [0.4, 0.5) is 0 Å². The van der Waals surface area contributed by atoms with Crippen molar-refractivity contribution in [1.29, 1.82) is 0 Å². The van der Waals surface area contributed by atoms with Crippen LogP contribution in [0.5, 0.6) is 0 Å². The molecular weight excluding hydrogens is 199 g/mol. The molecule has 1 atom stereocenters. The SMILES string of the molecule is CC(=O)OC(C=C(C)C)C(Cl)Cl. The molecule has 0 aromatic heterocycles. The van der Waals surface area contributed by atoms with Crippen molar-refractivity contribution >= 4 is 29.2 Å². The third kappa shape index (κ3) is 5.44. The average Bonchev–Trinajstić information content (AvgIpc) is 1.83. The van der Waals surface area contributed by atoms with E-state index in [1.165, 1.54) is 6.92 Å². The van der Waals surface area contributed by atoms with Crippen molar-refractivity contribution in [2.45, 2.75) is 31.7 Å². The Morgan fingerprint density at radius 3 is 2.08 bits per heavy atom. The van der Waals surface area contributed by atoms with Gasteiger partial charge in [0, 0.05) is 6.92 Å². The molecule has 0 aliphatic rings. The molecule has 0 aromatic carbocycles. The molecule has 0 saturated carbocycles. The van der Waals surface area contributed by atoms with Crippen molar-refractivity contribution in [3.8, 4) is 0 Å². The van der Waals surface area contributed by atoms with E-state index in [-0.39, 0.29) is 5.97 Å². The number of carbonyl (C=O) groups excluding carboxylic acids is 1. The van der Waals surface area contributed by atoms with Crippen molar-refractivity contribution in [2.24, 2.45) is 0 Å². The van der Waals surface area contributed by atoms with Crippen LogP contribution >= 0.6 is 23.2 Å². The van der Waals surface area contributed by atoms with E-state index in [4.69, 9.17) is 27.9 Å². The van der Waals surface area contributed by atoms with Crippen LogP contribution in [-0.2, 0) is 9.53 Å². The van der Waals surface area contributed by atoms with Gasteiger partial charge in [-0.3, -0.25) is 4.79 Å². The maximum absolute atomic E-state index is 10.6. The minimum absolute atomic E-state index is 0.385. The van der Waals surface area contributed by atoms with Crippen LogP contribution in [0.2, 0.25) is 0 Å². The molecule has 4 heteroatoms. The molecule has 0 N–H and O–H groups in total. The summed E-state index contributed by atoms with van der Waals surface area (Å²) in [6.07, 6.45) is 1.17. The van der Waals surface area contributed by atoms with Gasteiger partial charge in [-0.1, -0.05) is 5.57 Å². The summed E-state index contributed by atoms with van der Waals surface area (Å²) in [6.45, 7) is 5.08. The molecule has 1 unspecified atom stereocenters. The molecule has 0 amide bonds. The molecule has 0 radical (unpaired) electrons. The first kappa shape index (κ1) is 11.8. The maximum atomic E-state index is 10.6. The molecule has 0 aliphatic heterocycles. The summed E-state index contributed by atoms with van der Waals surface area (Å²) < 4.78 is 4.84. The van der Waals surface area contributed by atoms with E-state index in [1.54, 1.807) is 6.08 Å². The fourth-order valence-electron chi connectivity index (χ4n) is 0.678. The molecule has 0 rings (SSSR count). The summed E-state index contributed by atoms with van der Waals surface area (Å²) >= 11 is 11.2. The topological polar surface area (TPSA) is 26.3 Å². The molecule has 0 aliphatic carbocycles. The lowest BCUT2D eigenvalue weighted by atomic mass is 10.2. The Labute approximate surface area is 82.5 Å². The average molecular weight is 211 g/mol. The van der Waals surface area contributed by atoms with Crippen molar-refractivity contribution in [3.63, 3.8) is 0 Å². The van der Waals surface area contributed by atoms with Crippen LogP contribution in [0, 0.1) is 0 Å². The number of halogens is 2. The van der Waals surface area contributed by atoms with Crippen molar-refractivity contribution < 1.29 is 9.53 Å². The predicted octanol–water partition coefficient (Wildman–Crippen LogP) is 2.69. The van der Waals surface area contributed by atoms with Gasteiger partial charge < -0.3 is 4.74 Å². The van der Waals surface area contributed by atoms with E-state index in [1.807, 2.05) is 13.8 Å². The largest absolute Gasteiger partial charge is 0.455 e. The van der Waals surface area contributed by atoms with Gasteiger partial charge in [-0.25, -0.2) is 0 Å². The third-order valence-electron chi connectivity index (χ3n) is 1.05. The van der Waals surface area contributed by atoms with Gasteiger partial charge >= 0.3 is 5.97 Å². The zero-order valence-corrected chi connectivity index (χ0v) is 8.82. The van der Waals surface area contributed by atoms with Crippen LogP contribution in [0.3, 0.4) is 0 Å². The highest BCUT2D eigenvalue weighted by molar-refractivity contribution is 6.44. The Morgan fingerprint density at radius 1 is 1.33 bits per heavy atom. The Balaban J connectivity index is 4.24. The number of hydrogen-bond acceptors (Lipinski definition) is 2. The molecule has 0 aromatic rings. The van der Waals surface area contributed by atoms with Gasteiger partial charge in [0.2, 0.25) is 0 Å². The van der Waals surface area contributed by atoms with E-state index in [0.717, 1.165) is 5.57 Å². The summed E-state index contributed by atoms with van der Waals surface area (Å²) in [5.41, 5.74) is 1.01. The van der Waals surface area contributed by atoms with E-state index >= 15 is 0 Å². The van der Waals surface area contributed by atoms with Gasteiger partial charge in [0.05, 0.1) is 0 Å². The Kier molecular flexibility index (Phi) is 5.34. The lowest BCUT2D eigenvalue weighted by molar-refractivity contribution is -0.143. The molecule has 0 bridgehead atoms. The summed E-state index contributed by atoms with van der Waals surface area (Å²) in [7, 11) is 0. The van der Waals surface area contributed by atoms with E-state index in [2.05, 4.69) is 0 Å². The smallest absolute Gasteiger partial charge is 0.303 e. The molecular formula is C8H12Cl2O2. The minimum Gasteiger partial charge on any atom is -0.455 e. The molecule has 12 heavy (non-hydrogen) atoms. The second-order valence-corrected chi connectivity index (χ2v) is 3.82. The van der Waals surface area contributed by atoms with Crippen molar-refractivity contribution in [3.05, 3.63) is 11.6 Å². The lowest BCUT2D eigenvalue weighted by Crippen LogP contribution is -2.20. The summed E-state index contributed by atoms with van der Waals surface area (Å²) in [6, 6.07) is 0. The van der Waals surface area contributed by atoms with Gasteiger partial charge in [-0.05, 0) is 19.9 Å². The zero-order chi connectivity index (χ0) is 9.72. The zero-order valence-electron chi connectivity index (χ0n) is 7.30. The van der Waals surface area contributed by atoms with Gasteiger partial charge in [0.15, 0.2) is 6.10 Å². The first-order valence-electron chi connectivity index (χ1n) is 3.54. The Hall–Kier alpha value is -0.210. The van der Waals surface area contributed by atoms with Crippen molar-refractivity contribution in [2.75, 3.05) is 0 Å². The standard InChI is InChI=1S/C8H12Cl2O2/c1-5(2)4-7(8(9)10)12-6(3)11/h4,7-8H,1-3H3.